The molecule has 4 nitrogen and oxygen atoms in total. The number of hydrogen-bond acceptors (Lipinski definition) is 4. The van der Waals surface area contributed by atoms with E-state index < -0.39 is 29.8 Å². The van der Waals surface area contributed by atoms with E-state index in [1.807, 2.05) is 0 Å². The zero-order valence-corrected chi connectivity index (χ0v) is 9.58. The molecular formula is C11H8ClFO4. The van der Waals surface area contributed by atoms with Crippen molar-refractivity contribution in [2.45, 2.75) is 6.42 Å². The van der Waals surface area contributed by atoms with E-state index in [1.54, 1.807) is 0 Å². The smallest absolute Gasteiger partial charge is 0.374 e. The summed E-state index contributed by atoms with van der Waals surface area (Å²) < 4.78 is 17.2. The Morgan fingerprint density at radius 3 is 2.53 bits per heavy atom. The van der Waals surface area contributed by atoms with Crippen LogP contribution < -0.4 is 0 Å². The molecule has 0 saturated heterocycles. The first-order valence-corrected chi connectivity index (χ1v) is 4.93. The second kappa shape index (κ2) is 5.54. The fourth-order valence-corrected chi connectivity index (χ4v) is 1.22. The monoisotopic (exact) mass is 258 g/mol. The van der Waals surface area contributed by atoms with Gasteiger partial charge in [0.1, 0.15) is 5.82 Å². The van der Waals surface area contributed by atoms with E-state index >= 15 is 0 Å². The van der Waals surface area contributed by atoms with Crippen LogP contribution in [-0.4, -0.2) is 24.6 Å². The van der Waals surface area contributed by atoms with Crippen molar-refractivity contribution < 1.29 is 23.5 Å². The Morgan fingerprint density at radius 1 is 1.35 bits per heavy atom. The number of methoxy groups -OCH3 is 1. The lowest BCUT2D eigenvalue weighted by Crippen LogP contribution is -2.19. The summed E-state index contributed by atoms with van der Waals surface area (Å²) in [6.07, 6.45) is -0.659. The Morgan fingerprint density at radius 2 is 2.00 bits per heavy atom. The van der Waals surface area contributed by atoms with E-state index in [4.69, 9.17) is 11.6 Å². The third kappa shape index (κ3) is 3.35. The maximum absolute atomic E-state index is 13.0. The van der Waals surface area contributed by atoms with E-state index in [2.05, 4.69) is 4.74 Å². The molecule has 6 heteroatoms. The average molecular weight is 259 g/mol. The van der Waals surface area contributed by atoms with Crippen LogP contribution in [0.5, 0.6) is 0 Å². The number of ketones is 2. The van der Waals surface area contributed by atoms with Crippen LogP contribution in [0.3, 0.4) is 0 Å². The Balaban J connectivity index is 2.80. The molecule has 0 saturated carbocycles. The third-order valence-corrected chi connectivity index (χ3v) is 2.28. The van der Waals surface area contributed by atoms with E-state index in [1.165, 1.54) is 12.1 Å². The van der Waals surface area contributed by atoms with Crippen LogP contribution in [-0.2, 0) is 14.3 Å². The van der Waals surface area contributed by atoms with Crippen LogP contribution in [0.4, 0.5) is 4.39 Å². The second-order valence-corrected chi connectivity index (χ2v) is 3.55. The van der Waals surface area contributed by atoms with Crippen LogP contribution in [0.1, 0.15) is 16.8 Å². The Labute approximate surface area is 101 Å². The molecule has 0 unspecified atom stereocenters. The molecule has 0 aliphatic heterocycles. The molecule has 90 valence electrons. The fraction of sp³-hybridized carbons (Fsp3) is 0.182. The minimum Gasteiger partial charge on any atom is -0.463 e. The number of esters is 1. The second-order valence-electron chi connectivity index (χ2n) is 3.14. The first-order valence-electron chi connectivity index (χ1n) is 4.55. The molecule has 0 aliphatic carbocycles. The number of halogens is 2. The molecule has 0 bridgehead atoms. The van der Waals surface area contributed by atoms with Gasteiger partial charge in [-0.2, -0.15) is 0 Å². The summed E-state index contributed by atoms with van der Waals surface area (Å²) in [6, 6.07) is 3.39. The standard InChI is InChI=1S/C11H8ClFO4/c1-17-11(16)10(15)5-9(14)6-2-3-7(12)8(13)4-6/h2-4H,5H2,1H3. The normalized spacial score (nSPS) is 9.82. The molecule has 0 amide bonds. The summed E-state index contributed by atoms with van der Waals surface area (Å²) in [6.45, 7) is 0. The maximum atomic E-state index is 13.0. The van der Waals surface area contributed by atoms with Crippen molar-refractivity contribution in [3.63, 3.8) is 0 Å². The van der Waals surface area contributed by atoms with Gasteiger partial charge in [0.05, 0.1) is 18.6 Å². The lowest BCUT2D eigenvalue weighted by molar-refractivity contribution is -0.151. The number of carbonyl (C=O) groups is 3. The highest BCUT2D eigenvalue weighted by Gasteiger charge is 2.19. The number of carbonyl (C=O) groups excluding carboxylic acids is 3. The molecule has 1 aromatic rings. The molecule has 0 spiro atoms. The number of benzene rings is 1. The van der Waals surface area contributed by atoms with Gasteiger partial charge < -0.3 is 4.74 Å². The van der Waals surface area contributed by atoms with Gasteiger partial charge in [-0.3, -0.25) is 9.59 Å². The van der Waals surface area contributed by atoms with E-state index in [9.17, 15) is 18.8 Å². The van der Waals surface area contributed by atoms with Gasteiger partial charge in [-0.15, -0.1) is 0 Å². The minimum atomic E-state index is -1.10. The number of rotatable bonds is 4. The molecule has 0 aliphatic rings. The molecule has 0 radical (unpaired) electrons. The average Bonchev–Trinajstić information content (AvgIpc) is 2.31. The molecule has 0 atom stereocenters. The van der Waals surface area contributed by atoms with Crippen LogP contribution in [0, 0.1) is 5.82 Å². The van der Waals surface area contributed by atoms with Crippen molar-refractivity contribution in [3.05, 3.63) is 34.6 Å². The molecule has 1 rings (SSSR count). The van der Waals surface area contributed by atoms with Crippen LogP contribution in [0.2, 0.25) is 5.02 Å². The van der Waals surface area contributed by atoms with Crippen LogP contribution in [0.25, 0.3) is 0 Å². The summed E-state index contributed by atoms with van der Waals surface area (Å²) in [7, 11) is 1.03. The first kappa shape index (κ1) is 13.3. The Kier molecular flexibility index (Phi) is 4.34. The summed E-state index contributed by atoms with van der Waals surface area (Å²) in [4.78, 5) is 33.4. The minimum absolute atomic E-state index is 0.0239. The summed E-state index contributed by atoms with van der Waals surface area (Å²) in [5.74, 6) is -3.51. The molecule has 0 aromatic heterocycles. The zero-order valence-electron chi connectivity index (χ0n) is 8.83. The number of hydrogen-bond donors (Lipinski definition) is 0. The first-order chi connectivity index (χ1) is 7.95. The van der Waals surface area contributed by atoms with Gasteiger partial charge in [0, 0.05) is 5.56 Å². The van der Waals surface area contributed by atoms with Crippen molar-refractivity contribution in [3.8, 4) is 0 Å². The molecule has 17 heavy (non-hydrogen) atoms. The molecule has 0 fully saturated rings. The van der Waals surface area contributed by atoms with Gasteiger partial charge in [-0.1, -0.05) is 11.6 Å². The van der Waals surface area contributed by atoms with Gasteiger partial charge in [0.15, 0.2) is 5.78 Å². The highest BCUT2D eigenvalue weighted by molar-refractivity contribution is 6.38. The summed E-state index contributed by atoms with van der Waals surface area (Å²) in [5, 5.41) is -0.124. The van der Waals surface area contributed by atoms with Gasteiger partial charge in [0.2, 0.25) is 5.78 Å². The Bertz CT molecular complexity index is 484. The van der Waals surface area contributed by atoms with Crippen LogP contribution in [0.15, 0.2) is 18.2 Å². The number of Topliss-reactive ketones (excluding diaryl/α,β-unsaturated/α-hetero) is 2. The van der Waals surface area contributed by atoms with Crippen molar-refractivity contribution in [2.24, 2.45) is 0 Å². The highest BCUT2D eigenvalue weighted by atomic mass is 35.5. The predicted octanol–water partition coefficient (Wildman–Crippen LogP) is 1.79. The van der Waals surface area contributed by atoms with Crippen molar-refractivity contribution in [1.29, 1.82) is 0 Å². The van der Waals surface area contributed by atoms with Gasteiger partial charge in [0.25, 0.3) is 0 Å². The maximum Gasteiger partial charge on any atom is 0.374 e. The van der Waals surface area contributed by atoms with E-state index in [0.29, 0.717) is 0 Å². The molecular weight excluding hydrogens is 251 g/mol. The van der Waals surface area contributed by atoms with E-state index in [-0.39, 0.29) is 10.6 Å². The predicted molar refractivity (Wildman–Crippen MR) is 57.4 cm³/mol. The summed E-state index contributed by atoms with van der Waals surface area (Å²) >= 11 is 5.44. The van der Waals surface area contributed by atoms with Crippen molar-refractivity contribution >= 4 is 29.1 Å². The molecule has 0 N–H and O–H groups in total. The largest absolute Gasteiger partial charge is 0.463 e. The molecule has 1 aromatic carbocycles. The zero-order chi connectivity index (χ0) is 13.0. The molecule has 0 heterocycles. The third-order valence-electron chi connectivity index (χ3n) is 1.98. The van der Waals surface area contributed by atoms with Gasteiger partial charge >= 0.3 is 5.97 Å². The quantitative estimate of drug-likeness (QED) is 0.358. The lowest BCUT2D eigenvalue weighted by atomic mass is 10.1. The van der Waals surface area contributed by atoms with E-state index in [0.717, 1.165) is 13.2 Å². The van der Waals surface area contributed by atoms with Gasteiger partial charge in [-0.05, 0) is 18.2 Å². The van der Waals surface area contributed by atoms with Crippen molar-refractivity contribution in [2.75, 3.05) is 7.11 Å². The number of ether oxygens (including phenoxy) is 1. The highest BCUT2D eigenvalue weighted by Crippen LogP contribution is 2.16. The Hall–Kier alpha value is -1.75. The topological polar surface area (TPSA) is 60.4 Å². The van der Waals surface area contributed by atoms with Crippen molar-refractivity contribution in [1.82, 2.24) is 0 Å². The summed E-state index contributed by atoms with van der Waals surface area (Å²) in [5.41, 5.74) is -0.0239. The fourth-order valence-electron chi connectivity index (χ4n) is 1.10. The SMILES string of the molecule is COC(=O)C(=O)CC(=O)c1ccc(Cl)c(F)c1. The van der Waals surface area contributed by atoms with Crippen LogP contribution >= 0.6 is 11.6 Å². The van der Waals surface area contributed by atoms with Gasteiger partial charge in [-0.25, -0.2) is 9.18 Å². The lowest BCUT2D eigenvalue weighted by Gasteiger charge is -2.01.